The summed E-state index contributed by atoms with van der Waals surface area (Å²) in [5.41, 5.74) is 1.04. The van der Waals surface area contributed by atoms with Crippen molar-refractivity contribution in [3.05, 3.63) is 26.3 Å². The normalized spacial score (nSPS) is 10.7. The van der Waals surface area contributed by atoms with Crippen LogP contribution in [0.3, 0.4) is 0 Å². The summed E-state index contributed by atoms with van der Waals surface area (Å²) in [6.45, 7) is 7.31. The Morgan fingerprint density at radius 1 is 1.26 bits per heavy atom. The minimum absolute atomic E-state index is 0.834. The van der Waals surface area contributed by atoms with Gasteiger partial charge in [0, 0.05) is 11.4 Å². The fourth-order valence-corrected chi connectivity index (χ4v) is 3.03. The molecule has 0 amide bonds. The number of anilines is 1. The lowest BCUT2D eigenvalue weighted by atomic mass is 10.3. The van der Waals surface area contributed by atoms with E-state index in [2.05, 4.69) is 63.9 Å². The van der Waals surface area contributed by atoms with Crippen LogP contribution in [0.1, 0.15) is 30.8 Å². The third-order valence-electron chi connectivity index (χ3n) is 2.79. The second kappa shape index (κ2) is 6.65. The topological polar surface area (TPSA) is 37.8 Å². The summed E-state index contributed by atoms with van der Waals surface area (Å²) in [6, 6.07) is 4.28. The van der Waals surface area contributed by atoms with E-state index in [0.717, 1.165) is 45.2 Å². The first-order chi connectivity index (χ1) is 9.15. The predicted octanol–water partition coefficient (Wildman–Crippen LogP) is 4.50. The zero-order valence-electron chi connectivity index (χ0n) is 11.5. The lowest BCUT2D eigenvalue weighted by Gasteiger charge is -2.09. The number of nitrogens with zero attached hydrogens (tertiary/aromatic N) is 2. The van der Waals surface area contributed by atoms with Crippen LogP contribution in [0, 0.1) is 10.5 Å². The average molecular weight is 387 g/mol. The molecular weight excluding hydrogens is 369 g/mol. The van der Waals surface area contributed by atoms with E-state index in [1.54, 1.807) is 11.3 Å². The Morgan fingerprint density at radius 3 is 2.68 bits per heavy atom. The predicted molar refractivity (Wildman–Crippen MR) is 91.0 cm³/mol. The molecule has 0 aromatic carbocycles. The van der Waals surface area contributed by atoms with Crippen LogP contribution >= 0.6 is 33.9 Å². The number of rotatable bonds is 5. The molecule has 2 aromatic rings. The van der Waals surface area contributed by atoms with Gasteiger partial charge in [0.15, 0.2) is 5.82 Å². The molecule has 5 heteroatoms. The van der Waals surface area contributed by atoms with Crippen molar-refractivity contribution in [2.24, 2.45) is 0 Å². The van der Waals surface area contributed by atoms with Gasteiger partial charge in [-0.15, -0.1) is 11.3 Å². The molecule has 0 spiro atoms. The van der Waals surface area contributed by atoms with E-state index in [0.29, 0.717) is 0 Å². The van der Waals surface area contributed by atoms with Crippen molar-refractivity contribution in [3.8, 4) is 10.7 Å². The van der Waals surface area contributed by atoms with E-state index in [-0.39, 0.29) is 0 Å². The molecule has 19 heavy (non-hydrogen) atoms. The van der Waals surface area contributed by atoms with Gasteiger partial charge in [-0.25, -0.2) is 9.97 Å². The Labute approximate surface area is 132 Å². The largest absolute Gasteiger partial charge is 0.369 e. The summed E-state index contributed by atoms with van der Waals surface area (Å²) in [4.78, 5) is 11.8. The average Bonchev–Trinajstić information content (AvgIpc) is 2.89. The van der Waals surface area contributed by atoms with Gasteiger partial charge in [0.2, 0.25) is 0 Å². The van der Waals surface area contributed by atoms with Crippen molar-refractivity contribution in [1.82, 2.24) is 9.97 Å². The molecule has 0 aliphatic carbocycles. The van der Waals surface area contributed by atoms with Gasteiger partial charge in [0.25, 0.3) is 0 Å². The molecule has 2 aromatic heterocycles. The van der Waals surface area contributed by atoms with E-state index >= 15 is 0 Å². The number of thiophene rings is 1. The molecule has 0 aliphatic rings. The Hall–Kier alpha value is -0.690. The molecule has 0 fully saturated rings. The van der Waals surface area contributed by atoms with Gasteiger partial charge in [-0.3, -0.25) is 0 Å². The minimum atomic E-state index is 0.834. The summed E-state index contributed by atoms with van der Waals surface area (Å²) >= 11 is 4.09. The Kier molecular flexibility index (Phi) is 5.15. The van der Waals surface area contributed by atoms with Crippen LogP contribution in [-0.2, 0) is 6.42 Å². The van der Waals surface area contributed by atoms with Gasteiger partial charge in [0.1, 0.15) is 5.82 Å². The van der Waals surface area contributed by atoms with Crippen LogP contribution in [0.2, 0.25) is 0 Å². The van der Waals surface area contributed by atoms with E-state index < -0.39 is 0 Å². The van der Waals surface area contributed by atoms with Crippen molar-refractivity contribution < 1.29 is 0 Å². The molecule has 1 N–H and O–H groups in total. The Balaban J connectivity index is 2.37. The summed E-state index contributed by atoms with van der Waals surface area (Å²) in [6.07, 6.45) is 2.16. The van der Waals surface area contributed by atoms with Gasteiger partial charge in [-0.2, -0.15) is 0 Å². The van der Waals surface area contributed by atoms with Crippen LogP contribution in [0.25, 0.3) is 10.7 Å². The molecule has 2 heterocycles. The SMILES string of the molecule is CCCNc1nc(-c2ccc(CC)s2)nc(C)c1I. The standard InChI is InChI=1S/C14H18IN3S/c1-4-8-16-14-12(15)9(3)17-13(18-14)11-7-6-10(5-2)19-11/h6-7H,4-5,8H2,1-3H3,(H,16,17,18). The highest BCUT2D eigenvalue weighted by atomic mass is 127. The second-order valence-electron chi connectivity index (χ2n) is 4.34. The summed E-state index contributed by atoms with van der Waals surface area (Å²) in [5.74, 6) is 1.79. The first-order valence-corrected chi connectivity index (χ1v) is 8.42. The Bertz CT molecular complexity index is 566. The molecule has 102 valence electrons. The number of aryl methyl sites for hydroxylation is 2. The van der Waals surface area contributed by atoms with Gasteiger partial charge < -0.3 is 5.32 Å². The number of aromatic nitrogens is 2. The maximum atomic E-state index is 4.67. The monoisotopic (exact) mass is 387 g/mol. The van der Waals surface area contributed by atoms with Crippen molar-refractivity contribution in [3.63, 3.8) is 0 Å². The van der Waals surface area contributed by atoms with Crippen molar-refractivity contribution in [2.45, 2.75) is 33.6 Å². The van der Waals surface area contributed by atoms with Crippen LogP contribution < -0.4 is 5.32 Å². The van der Waals surface area contributed by atoms with Crippen LogP contribution in [0.4, 0.5) is 5.82 Å². The number of hydrogen-bond acceptors (Lipinski definition) is 4. The van der Waals surface area contributed by atoms with Crippen molar-refractivity contribution in [2.75, 3.05) is 11.9 Å². The van der Waals surface area contributed by atoms with Gasteiger partial charge in [-0.1, -0.05) is 13.8 Å². The molecular formula is C14H18IN3S. The highest BCUT2D eigenvalue weighted by Gasteiger charge is 2.11. The molecule has 3 nitrogen and oxygen atoms in total. The van der Waals surface area contributed by atoms with E-state index in [4.69, 9.17) is 0 Å². The second-order valence-corrected chi connectivity index (χ2v) is 6.59. The van der Waals surface area contributed by atoms with Crippen LogP contribution in [-0.4, -0.2) is 16.5 Å². The molecule has 0 atom stereocenters. The first kappa shape index (κ1) is 14.7. The number of halogens is 1. The lowest BCUT2D eigenvalue weighted by molar-refractivity contribution is 0.959. The lowest BCUT2D eigenvalue weighted by Crippen LogP contribution is -2.07. The van der Waals surface area contributed by atoms with Gasteiger partial charge in [-0.05, 0) is 54.5 Å². The van der Waals surface area contributed by atoms with Crippen LogP contribution in [0.15, 0.2) is 12.1 Å². The van der Waals surface area contributed by atoms with E-state index in [9.17, 15) is 0 Å². The highest BCUT2D eigenvalue weighted by Crippen LogP contribution is 2.29. The minimum Gasteiger partial charge on any atom is -0.369 e. The molecule has 0 saturated carbocycles. The van der Waals surface area contributed by atoms with E-state index in [1.807, 2.05) is 6.92 Å². The smallest absolute Gasteiger partial charge is 0.171 e. The molecule has 0 saturated heterocycles. The quantitative estimate of drug-likeness (QED) is 0.768. The van der Waals surface area contributed by atoms with E-state index in [1.165, 1.54) is 4.88 Å². The molecule has 0 radical (unpaired) electrons. The summed E-state index contributed by atoms with van der Waals surface area (Å²) in [5, 5.41) is 3.38. The van der Waals surface area contributed by atoms with Crippen LogP contribution in [0.5, 0.6) is 0 Å². The van der Waals surface area contributed by atoms with Crippen molar-refractivity contribution >= 4 is 39.7 Å². The number of hydrogen-bond donors (Lipinski definition) is 1. The molecule has 0 bridgehead atoms. The highest BCUT2D eigenvalue weighted by molar-refractivity contribution is 14.1. The molecule has 0 unspecified atom stereocenters. The van der Waals surface area contributed by atoms with Gasteiger partial charge in [0.05, 0.1) is 14.1 Å². The Morgan fingerprint density at radius 2 is 2.05 bits per heavy atom. The van der Waals surface area contributed by atoms with Crippen molar-refractivity contribution in [1.29, 1.82) is 0 Å². The molecule has 2 rings (SSSR count). The maximum Gasteiger partial charge on any atom is 0.171 e. The summed E-state index contributed by atoms with van der Waals surface area (Å²) < 4.78 is 1.11. The first-order valence-electron chi connectivity index (χ1n) is 6.52. The zero-order chi connectivity index (χ0) is 13.8. The number of nitrogens with one attached hydrogen (secondary N) is 1. The third-order valence-corrected chi connectivity index (χ3v) is 5.31. The fourth-order valence-electron chi connectivity index (χ4n) is 1.72. The third kappa shape index (κ3) is 3.45. The molecule has 0 aliphatic heterocycles. The fraction of sp³-hybridized carbons (Fsp3) is 0.429. The zero-order valence-corrected chi connectivity index (χ0v) is 14.4. The summed E-state index contributed by atoms with van der Waals surface area (Å²) in [7, 11) is 0. The van der Waals surface area contributed by atoms with Gasteiger partial charge >= 0.3 is 0 Å². The maximum absolute atomic E-state index is 4.67.